The van der Waals surface area contributed by atoms with E-state index >= 15 is 0 Å². The summed E-state index contributed by atoms with van der Waals surface area (Å²) in [6.07, 6.45) is 1.93. The number of rotatable bonds is 6. The lowest BCUT2D eigenvalue weighted by atomic mass is 10.1. The van der Waals surface area contributed by atoms with E-state index in [1.54, 1.807) is 11.0 Å². The number of aromatic nitrogens is 5. The van der Waals surface area contributed by atoms with Crippen LogP contribution >= 0.6 is 0 Å². The van der Waals surface area contributed by atoms with Crippen molar-refractivity contribution in [3.05, 3.63) is 66.5 Å². The Labute approximate surface area is 191 Å². The average molecular weight is 444 g/mol. The van der Waals surface area contributed by atoms with Gasteiger partial charge in [-0.3, -0.25) is 4.79 Å². The van der Waals surface area contributed by atoms with Crippen LogP contribution in [0.1, 0.15) is 12.5 Å². The third-order valence-corrected chi connectivity index (χ3v) is 5.74. The minimum Gasteiger partial charge on any atom is -0.494 e. The third-order valence-electron chi connectivity index (χ3n) is 5.74. The Kier molecular flexibility index (Phi) is 5.84. The number of anilines is 1. The molecule has 0 aliphatic carbocycles. The lowest BCUT2D eigenvalue weighted by Gasteiger charge is -2.35. The van der Waals surface area contributed by atoms with Gasteiger partial charge in [0.15, 0.2) is 17.0 Å². The first kappa shape index (κ1) is 20.9. The van der Waals surface area contributed by atoms with E-state index in [4.69, 9.17) is 4.74 Å². The summed E-state index contributed by atoms with van der Waals surface area (Å²) in [6, 6.07) is 17.5. The molecular weight excluding hydrogens is 418 g/mol. The van der Waals surface area contributed by atoms with Gasteiger partial charge >= 0.3 is 0 Å². The maximum Gasteiger partial charge on any atom is 0.227 e. The molecule has 0 bridgehead atoms. The van der Waals surface area contributed by atoms with Gasteiger partial charge in [-0.05, 0) is 36.8 Å². The quantitative estimate of drug-likeness (QED) is 0.452. The van der Waals surface area contributed by atoms with Crippen molar-refractivity contribution in [2.24, 2.45) is 0 Å². The Bertz CT molecular complexity index is 1230. The van der Waals surface area contributed by atoms with Gasteiger partial charge in [-0.15, -0.1) is 5.10 Å². The molecule has 1 aliphatic rings. The second kappa shape index (κ2) is 9.23. The molecule has 2 aromatic carbocycles. The SMILES string of the molecule is CCOc1ccc(CC(=O)N2CCN(c3ncnc4c3nnn4-c3ccccc3)CC2)cc1. The smallest absolute Gasteiger partial charge is 0.227 e. The zero-order valence-electron chi connectivity index (χ0n) is 18.5. The van der Waals surface area contributed by atoms with Crippen LogP contribution in [0.4, 0.5) is 5.82 Å². The van der Waals surface area contributed by atoms with Gasteiger partial charge in [0, 0.05) is 26.2 Å². The van der Waals surface area contributed by atoms with E-state index in [2.05, 4.69) is 25.2 Å². The average Bonchev–Trinajstić information content (AvgIpc) is 3.30. The molecule has 1 saturated heterocycles. The number of carbonyl (C=O) groups excluding carboxylic acids is 1. The summed E-state index contributed by atoms with van der Waals surface area (Å²) in [7, 11) is 0. The molecule has 0 spiro atoms. The highest BCUT2D eigenvalue weighted by atomic mass is 16.5. The molecule has 0 radical (unpaired) electrons. The molecule has 0 saturated carbocycles. The van der Waals surface area contributed by atoms with Gasteiger partial charge in [0.2, 0.25) is 5.91 Å². The monoisotopic (exact) mass is 443 g/mol. The third kappa shape index (κ3) is 4.34. The molecule has 1 aliphatic heterocycles. The number of benzene rings is 2. The van der Waals surface area contributed by atoms with Crippen molar-refractivity contribution in [3.63, 3.8) is 0 Å². The van der Waals surface area contributed by atoms with Crippen LogP contribution in [0, 0.1) is 0 Å². The van der Waals surface area contributed by atoms with Gasteiger partial charge in [-0.2, -0.15) is 4.68 Å². The van der Waals surface area contributed by atoms with Gasteiger partial charge in [-0.25, -0.2) is 9.97 Å². The Morgan fingerprint density at radius 3 is 2.45 bits per heavy atom. The molecule has 9 heteroatoms. The zero-order valence-corrected chi connectivity index (χ0v) is 18.5. The number of hydrogen-bond acceptors (Lipinski definition) is 7. The number of hydrogen-bond donors (Lipinski definition) is 0. The number of para-hydroxylation sites is 1. The maximum absolute atomic E-state index is 12.8. The fourth-order valence-electron chi connectivity index (χ4n) is 4.04. The second-order valence-corrected chi connectivity index (χ2v) is 7.83. The molecule has 0 unspecified atom stereocenters. The Morgan fingerprint density at radius 1 is 0.970 bits per heavy atom. The minimum absolute atomic E-state index is 0.127. The van der Waals surface area contributed by atoms with Crippen molar-refractivity contribution in [1.82, 2.24) is 29.9 Å². The zero-order chi connectivity index (χ0) is 22.6. The Hall–Kier alpha value is -4.01. The number of amides is 1. The molecule has 5 rings (SSSR count). The van der Waals surface area contributed by atoms with Crippen molar-refractivity contribution in [2.45, 2.75) is 13.3 Å². The largest absolute Gasteiger partial charge is 0.494 e. The summed E-state index contributed by atoms with van der Waals surface area (Å²) in [5.74, 6) is 1.70. The van der Waals surface area contributed by atoms with Crippen LogP contribution in [0.5, 0.6) is 5.75 Å². The molecule has 3 heterocycles. The van der Waals surface area contributed by atoms with Gasteiger partial charge in [0.25, 0.3) is 0 Å². The maximum atomic E-state index is 12.8. The first-order valence-corrected chi connectivity index (χ1v) is 11.1. The van der Waals surface area contributed by atoms with Crippen molar-refractivity contribution in [1.29, 1.82) is 0 Å². The van der Waals surface area contributed by atoms with Gasteiger partial charge in [0.1, 0.15) is 12.1 Å². The highest BCUT2D eigenvalue weighted by Crippen LogP contribution is 2.23. The summed E-state index contributed by atoms with van der Waals surface area (Å²) < 4.78 is 7.19. The van der Waals surface area contributed by atoms with Crippen molar-refractivity contribution < 1.29 is 9.53 Å². The topological polar surface area (TPSA) is 89.3 Å². The molecular formula is C24H25N7O2. The molecule has 4 aromatic rings. The Balaban J connectivity index is 1.25. The van der Waals surface area contributed by atoms with Crippen molar-refractivity contribution in [2.75, 3.05) is 37.7 Å². The molecule has 168 valence electrons. The predicted molar refractivity (Wildman–Crippen MR) is 125 cm³/mol. The fraction of sp³-hybridized carbons (Fsp3) is 0.292. The minimum atomic E-state index is 0.127. The van der Waals surface area contributed by atoms with Crippen LogP contribution in [0.3, 0.4) is 0 Å². The summed E-state index contributed by atoms with van der Waals surface area (Å²) in [6.45, 7) is 5.21. The van der Waals surface area contributed by atoms with Crippen LogP contribution in [0.2, 0.25) is 0 Å². The highest BCUT2D eigenvalue weighted by Gasteiger charge is 2.25. The molecule has 1 amide bonds. The van der Waals surface area contributed by atoms with Crippen LogP contribution in [0.15, 0.2) is 60.9 Å². The number of carbonyl (C=O) groups is 1. The first-order valence-electron chi connectivity index (χ1n) is 11.1. The molecule has 33 heavy (non-hydrogen) atoms. The van der Waals surface area contributed by atoms with E-state index in [1.165, 1.54) is 0 Å². The van der Waals surface area contributed by atoms with Gasteiger partial charge in [0.05, 0.1) is 18.7 Å². The standard InChI is InChI=1S/C24H25N7O2/c1-2-33-20-10-8-18(9-11-20)16-21(32)29-12-14-30(15-13-29)23-22-24(26-17-25-23)31(28-27-22)19-6-4-3-5-7-19/h3-11,17H,2,12-16H2,1H3. The van der Waals surface area contributed by atoms with Gasteiger partial charge < -0.3 is 14.5 Å². The number of fused-ring (bicyclic) bond motifs is 1. The second-order valence-electron chi connectivity index (χ2n) is 7.83. The number of ether oxygens (including phenoxy) is 1. The lowest BCUT2D eigenvalue weighted by Crippen LogP contribution is -2.49. The lowest BCUT2D eigenvalue weighted by molar-refractivity contribution is -0.130. The van der Waals surface area contributed by atoms with Crippen LogP contribution in [0.25, 0.3) is 16.9 Å². The first-order chi connectivity index (χ1) is 16.2. The summed E-state index contributed by atoms with van der Waals surface area (Å²) in [5.41, 5.74) is 3.21. The molecule has 2 aromatic heterocycles. The van der Waals surface area contributed by atoms with E-state index in [-0.39, 0.29) is 5.91 Å². The van der Waals surface area contributed by atoms with Crippen LogP contribution < -0.4 is 9.64 Å². The Morgan fingerprint density at radius 2 is 1.73 bits per heavy atom. The molecule has 0 N–H and O–H groups in total. The van der Waals surface area contributed by atoms with Crippen molar-refractivity contribution >= 4 is 22.9 Å². The van der Waals surface area contributed by atoms with Crippen molar-refractivity contribution in [3.8, 4) is 11.4 Å². The predicted octanol–water partition coefficient (Wildman–Crippen LogP) is 2.50. The summed E-state index contributed by atoms with van der Waals surface area (Å²) in [4.78, 5) is 25.8. The fourth-order valence-corrected chi connectivity index (χ4v) is 4.04. The number of nitrogens with zero attached hydrogens (tertiary/aromatic N) is 7. The van der Waals surface area contributed by atoms with E-state index < -0.39 is 0 Å². The molecule has 1 fully saturated rings. The molecule has 0 atom stereocenters. The van der Waals surface area contributed by atoms with E-state index in [9.17, 15) is 4.79 Å². The summed E-state index contributed by atoms with van der Waals surface area (Å²) >= 11 is 0. The van der Waals surface area contributed by atoms with Gasteiger partial charge in [-0.1, -0.05) is 35.5 Å². The van der Waals surface area contributed by atoms with E-state index in [1.807, 2.05) is 66.4 Å². The normalized spacial score (nSPS) is 14.0. The highest BCUT2D eigenvalue weighted by molar-refractivity contribution is 5.84. The number of piperazine rings is 1. The van der Waals surface area contributed by atoms with Crippen LogP contribution in [-0.2, 0) is 11.2 Å². The summed E-state index contributed by atoms with van der Waals surface area (Å²) in [5, 5.41) is 8.65. The molecule has 9 nitrogen and oxygen atoms in total. The van der Waals surface area contributed by atoms with Crippen LogP contribution in [-0.4, -0.2) is 68.6 Å². The van der Waals surface area contributed by atoms with E-state index in [0.29, 0.717) is 50.4 Å². The van der Waals surface area contributed by atoms with E-state index in [0.717, 1.165) is 22.8 Å².